The van der Waals surface area contributed by atoms with Gasteiger partial charge in [0.1, 0.15) is 16.5 Å². The number of aryl methyl sites for hydroxylation is 1. The van der Waals surface area contributed by atoms with Gasteiger partial charge in [-0.1, -0.05) is 17.7 Å². The molecule has 10 nitrogen and oxygen atoms in total. The first-order valence-corrected chi connectivity index (χ1v) is 11.5. The number of benzene rings is 1. The maximum absolute atomic E-state index is 12.8. The Hall–Kier alpha value is -2.08. The molecule has 0 aliphatic carbocycles. The van der Waals surface area contributed by atoms with E-state index in [0.717, 1.165) is 10.5 Å². The number of β-lactam (4-membered cyclic amide) rings is 1. The molecule has 2 fully saturated rings. The summed E-state index contributed by atoms with van der Waals surface area (Å²) >= 11 is 0. The number of hydrogen-bond acceptors (Lipinski definition) is 7. The third kappa shape index (κ3) is 4.51. The Labute approximate surface area is 213 Å². The zero-order valence-electron chi connectivity index (χ0n) is 18.1. The van der Waals surface area contributed by atoms with Gasteiger partial charge in [0.15, 0.2) is 11.5 Å². The third-order valence-corrected chi connectivity index (χ3v) is 6.94. The molecule has 12 heteroatoms. The van der Waals surface area contributed by atoms with Gasteiger partial charge in [0, 0.05) is 18.9 Å². The Morgan fingerprint density at radius 2 is 1.76 bits per heavy atom. The second-order valence-corrected chi connectivity index (χ2v) is 10.7. The van der Waals surface area contributed by atoms with Crippen LogP contribution in [0.25, 0.3) is 0 Å². The minimum absolute atomic E-state index is 0. The van der Waals surface area contributed by atoms with Crippen molar-refractivity contribution in [3.8, 4) is 0 Å². The summed E-state index contributed by atoms with van der Waals surface area (Å²) in [5.74, 6) is -2.77. The van der Waals surface area contributed by atoms with Crippen LogP contribution < -0.4 is 0 Å². The normalized spacial score (nSPS) is 24.0. The van der Waals surface area contributed by atoms with Crippen molar-refractivity contribution in [2.75, 3.05) is 6.54 Å². The van der Waals surface area contributed by atoms with E-state index >= 15 is 0 Å². The van der Waals surface area contributed by atoms with Gasteiger partial charge in [-0.05, 0) is 39.8 Å². The van der Waals surface area contributed by atoms with Crippen LogP contribution in [-0.2, 0) is 28.6 Å². The van der Waals surface area contributed by atoms with E-state index in [2.05, 4.69) is 0 Å². The predicted octanol–water partition coefficient (Wildman–Crippen LogP) is 1.20. The first-order valence-electron chi connectivity index (χ1n) is 10.1. The molecule has 0 spiro atoms. The second-order valence-electron chi connectivity index (χ2n) is 9.17. The number of amides is 2. The van der Waals surface area contributed by atoms with Gasteiger partial charge in [0.2, 0.25) is 0 Å². The number of carboxylic acids is 1. The van der Waals surface area contributed by atoms with Crippen molar-refractivity contribution in [2.45, 2.75) is 56.7 Å². The molecule has 3 atom stereocenters. The topological polar surface area (TPSA) is 131 Å². The van der Waals surface area contributed by atoms with Crippen molar-refractivity contribution in [1.82, 2.24) is 9.80 Å². The number of ether oxygens (including phenoxy) is 1. The Kier molecular flexibility index (Phi) is 6.66. The van der Waals surface area contributed by atoms with Crippen LogP contribution in [-0.4, -0.2) is 95.1 Å². The van der Waals surface area contributed by atoms with E-state index in [0.29, 0.717) is 0 Å². The molecule has 3 heterocycles. The summed E-state index contributed by atoms with van der Waals surface area (Å²) in [6.07, 6.45) is -0.715. The molecule has 1 N–H and O–H groups in total. The Balaban J connectivity index is 0.00000306. The summed E-state index contributed by atoms with van der Waals surface area (Å²) < 4.78 is 36.2. The number of rotatable bonds is 4. The molecule has 3 aliphatic rings. The second kappa shape index (κ2) is 8.61. The van der Waals surface area contributed by atoms with Crippen LogP contribution >= 0.6 is 0 Å². The molecule has 0 bridgehead atoms. The zero-order valence-corrected chi connectivity index (χ0v) is 18.9. The fourth-order valence-electron chi connectivity index (χ4n) is 4.36. The van der Waals surface area contributed by atoms with Crippen LogP contribution in [0.4, 0.5) is 4.79 Å². The van der Waals surface area contributed by atoms with Crippen molar-refractivity contribution >= 4 is 57.6 Å². The number of carboxylic acid groups (broad SMARTS) is 1. The third-order valence-electron chi connectivity index (χ3n) is 5.67. The van der Waals surface area contributed by atoms with E-state index in [1.54, 1.807) is 39.8 Å². The molecule has 33 heavy (non-hydrogen) atoms. The molecule has 2 amide bonds. The van der Waals surface area contributed by atoms with Gasteiger partial charge < -0.3 is 14.0 Å². The number of hydrogen-bond donors (Lipinski definition) is 1. The van der Waals surface area contributed by atoms with Crippen LogP contribution in [0.5, 0.6) is 0 Å². The molecular formula is C21H25N2NaO8S. The summed E-state index contributed by atoms with van der Waals surface area (Å²) in [4.78, 5) is 39.6. The van der Waals surface area contributed by atoms with Crippen LogP contribution in [0.15, 0.2) is 40.6 Å². The zero-order chi connectivity index (χ0) is 23.6. The summed E-state index contributed by atoms with van der Waals surface area (Å²) in [5, 5.41) is 9.74. The average molecular weight is 488 g/mol. The number of aliphatic carboxylic acids is 1. The van der Waals surface area contributed by atoms with E-state index in [4.69, 9.17) is 8.92 Å². The van der Waals surface area contributed by atoms with Crippen molar-refractivity contribution in [1.29, 1.82) is 0 Å². The summed E-state index contributed by atoms with van der Waals surface area (Å²) in [6.45, 7) is 7.03. The molecule has 1 aromatic rings. The molecule has 0 radical (unpaired) electrons. The van der Waals surface area contributed by atoms with Gasteiger partial charge in [-0.3, -0.25) is 14.6 Å². The Morgan fingerprint density at radius 3 is 2.30 bits per heavy atom. The minimum atomic E-state index is -4.31. The first-order chi connectivity index (χ1) is 14.8. The number of likely N-dealkylation sites (tertiary alicyclic amines) is 1. The van der Waals surface area contributed by atoms with Crippen LogP contribution in [0.1, 0.15) is 32.8 Å². The number of nitrogens with zero attached hydrogens (tertiary/aromatic N) is 2. The SMILES string of the molecule is Cc1ccc(S(=O)(=O)OC2=C(C(=O)O)N3C(=O)[C@@H]4[C@H]3[C@H](C2)CN4C(=O)OC(C)(C)C)cc1.[NaH]. The Morgan fingerprint density at radius 1 is 1.15 bits per heavy atom. The summed E-state index contributed by atoms with van der Waals surface area (Å²) in [6, 6.07) is 4.52. The van der Waals surface area contributed by atoms with Crippen molar-refractivity contribution in [3.63, 3.8) is 0 Å². The predicted molar refractivity (Wildman–Crippen MR) is 117 cm³/mol. The van der Waals surface area contributed by atoms with Crippen molar-refractivity contribution in [3.05, 3.63) is 41.3 Å². The molecule has 174 valence electrons. The van der Waals surface area contributed by atoms with Gasteiger partial charge >= 0.3 is 51.7 Å². The average Bonchev–Trinajstić information content (AvgIpc) is 3.02. The molecule has 3 aliphatic heterocycles. The van der Waals surface area contributed by atoms with Gasteiger partial charge in [0.25, 0.3) is 5.91 Å². The monoisotopic (exact) mass is 488 g/mol. The van der Waals surface area contributed by atoms with E-state index in [1.807, 2.05) is 0 Å². The number of carbonyl (C=O) groups excluding carboxylic acids is 2. The quantitative estimate of drug-likeness (QED) is 0.380. The van der Waals surface area contributed by atoms with Crippen molar-refractivity contribution in [2.24, 2.45) is 5.92 Å². The van der Waals surface area contributed by atoms with E-state index in [1.165, 1.54) is 17.0 Å². The maximum atomic E-state index is 12.8. The van der Waals surface area contributed by atoms with Gasteiger partial charge in [-0.25, -0.2) is 9.59 Å². The summed E-state index contributed by atoms with van der Waals surface area (Å²) in [5.41, 5.74) is -0.424. The Bertz CT molecular complexity index is 1140. The van der Waals surface area contributed by atoms with Crippen LogP contribution in [0.2, 0.25) is 0 Å². The molecule has 0 unspecified atom stereocenters. The van der Waals surface area contributed by atoms with Gasteiger partial charge in [0.05, 0.1) is 6.04 Å². The van der Waals surface area contributed by atoms with Crippen LogP contribution in [0.3, 0.4) is 0 Å². The van der Waals surface area contributed by atoms with Crippen LogP contribution in [0, 0.1) is 12.8 Å². The molecular weight excluding hydrogens is 463 g/mol. The van der Waals surface area contributed by atoms with E-state index in [-0.39, 0.29) is 59.1 Å². The standard InChI is InChI=1S/C21H24N2O8S.Na.H/c1-11-5-7-13(8-6-11)32(28,29)31-14-9-12-10-22(20(27)30-21(2,3)4)17-15(12)23(18(17)24)16(14)19(25)26;;/h5-8,12,15,17H,9-10H2,1-4H3,(H,25,26);;/t12-,15-,17+;;/m1../s1. The fourth-order valence-corrected chi connectivity index (χ4v) is 5.34. The van der Waals surface area contributed by atoms with E-state index < -0.39 is 51.5 Å². The first kappa shape index (κ1) is 25.5. The van der Waals surface area contributed by atoms with E-state index in [9.17, 15) is 27.9 Å². The van der Waals surface area contributed by atoms with Gasteiger partial charge in [-0.15, -0.1) is 0 Å². The molecule has 4 rings (SSSR count). The molecule has 1 aromatic carbocycles. The number of carbonyl (C=O) groups is 3. The molecule has 2 saturated heterocycles. The van der Waals surface area contributed by atoms with Crippen molar-refractivity contribution < 1.29 is 36.8 Å². The van der Waals surface area contributed by atoms with Gasteiger partial charge in [-0.2, -0.15) is 8.42 Å². The summed E-state index contributed by atoms with van der Waals surface area (Å²) in [7, 11) is -4.31. The number of allylic oxidation sites excluding steroid dienone is 1. The molecule has 0 saturated carbocycles. The molecule has 0 aromatic heterocycles. The fraction of sp³-hybridized carbons (Fsp3) is 0.476.